The van der Waals surface area contributed by atoms with Gasteiger partial charge in [0.25, 0.3) is 0 Å². The number of rotatable bonds is 7. The van der Waals surface area contributed by atoms with Crippen molar-refractivity contribution in [3.8, 4) is 5.75 Å². The van der Waals surface area contributed by atoms with Gasteiger partial charge in [-0.05, 0) is 63.2 Å². The van der Waals surface area contributed by atoms with Gasteiger partial charge in [-0.1, -0.05) is 0 Å². The minimum atomic E-state index is -0.502. The van der Waals surface area contributed by atoms with Crippen LogP contribution < -0.4 is 10.1 Å². The highest BCUT2D eigenvalue weighted by molar-refractivity contribution is 6.07. The number of ether oxygens (including phenoxy) is 3. The maximum Gasteiger partial charge on any atom is 0.341 e. The second-order valence-corrected chi connectivity index (χ2v) is 6.81. The maximum absolute atomic E-state index is 12.6. The summed E-state index contributed by atoms with van der Waals surface area (Å²) in [6.07, 6.45) is 1.23. The van der Waals surface area contributed by atoms with Crippen molar-refractivity contribution in [3.63, 3.8) is 0 Å². The lowest BCUT2D eigenvalue weighted by molar-refractivity contribution is 0.0377. The molecule has 1 aromatic heterocycles. The first-order valence-corrected chi connectivity index (χ1v) is 9.64. The van der Waals surface area contributed by atoms with Crippen molar-refractivity contribution in [2.45, 2.75) is 26.9 Å². The van der Waals surface area contributed by atoms with Gasteiger partial charge in [0, 0.05) is 17.3 Å². The van der Waals surface area contributed by atoms with Gasteiger partial charge in [0.1, 0.15) is 11.3 Å². The summed E-state index contributed by atoms with van der Waals surface area (Å²) in [5.74, 6) is -0.230. The van der Waals surface area contributed by atoms with Gasteiger partial charge in [0.05, 0.1) is 36.6 Å². The minimum absolute atomic E-state index is 0.236. The van der Waals surface area contributed by atoms with Crippen LogP contribution in [-0.4, -0.2) is 36.7 Å². The molecule has 156 valence electrons. The molecule has 30 heavy (non-hydrogen) atoms. The molecule has 0 radical (unpaired) electrons. The molecule has 0 saturated heterocycles. The van der Waals surface area contributed by atoms with Gasteiger partial charge in [-0.15, -0.1) is 0 Å². The third-order valence-corrected chi connectivity index (χ3v) is 4.30. The van der Waals surface area contributed by atoms with Gasteiger partial charge in [-0.25, -0.2) is 9.59 Å². The van der Waals surface area contributed by atoms with Crippen LogP contribution in [0.3, 0.4) is 0 Å². The van der Waals surface area contributed by atoms with E-state index in [1.807, 2.05) is 12.1 Å². The largest absolute Gasteiger partial charge is 0.497 e. The Morgan fingerprint density at radius 3 is 2.43 bits per heavy atom. The molecule has 0 bridgehead atoms. The van der Waals surface area contributed by atoms with E-state index in [9.17, 15) is 9.59 Å². The highest BCUT2D eigenvalue weighted by atomic mass is 16.5. The van der Waals surface area contributed by atoms with E-state index in [2.05, 4.69) is 10.3 Å². The number of nitrogens with one attached hydrogen (secondary N) is 1. The van der Waals surface area contributed by atoms with E-state index < -0.39 is 11.9 Å². The summed E-state index contributed by atoms with van der Waals surface area (Å²) < 4.78 is 15.7. The fourth-order valence-corrected chi connectivity index (χ4v) is 2.92. The van der Waals surface area contributed by atoms with Gasteiger partial charge in [0.2, 0.25) is 0 Å². The van der Waals surface area contributed by atoms with Crippen molar-refractivity contribution in [1.82, 2.24) is 4.98 Å². The molecule has 2 aromatic carbocycles. The molecule has 0 amide bonds. The van der Waals surface area contributed by atoms with Crippen LogP contribution in [0.2, 0.25) is 0 Å². The van der Waals surface area contributed by atoms with Gasteiger partial charge in [-0.2, -0.15) is 0 Å². The molecule has 3 aromatic rings. The third kappa shape index (κ3) is 4.68. The fourth-order valence-electron chi connectivity index (χ4n) is 2.92. The van der Waals surface area contributed by atoms with E-state index >= 15 is 0 Å². The summed E-state index contributed by atoms with van der Waals surface area (Å²) in [7, 11) is 1.59. The Morgan fingerprint density at radius 2 is 1.80 bits per heavy atom. The molecule has 0 atom stereocenters. The van der Waals surface area contributed by atoms with Crippen LogP contribution in [0, 0.1) is 0 Å². The zero-order valence-corrected chi connectivity index (χ0v) is 17.4. The molecule has 0 aliphatic rings. The second-order valence-electron chi connectivity index (χ2n) is 6.81. The fraction of sp³-hybridized carbons (Fsp3) is 0.261. The van der Waals surface area contributed by atoms with E-state index in [1.165, 1.54) is 6.20 Å². The van der Waals surface area contributed by atoms with Crippen LogP contribution in [-0.2, 0) is 9.47 Å². The number of esters is 2. The predicted molar refractivity (Wildman–Crippen MR) is 115 cm³/mol. The summed E-state index contributed by atoms with van der Waals surface area (Å²) >= 11 is 0. The van der Waals surface area contributed by atoms with Crippen molar-refractivity contribution in [2.75, 3.05) is 19.0 Å². The number of fused-ring (bicyclic) bond motifs is 1. The molecule has 1 heterocycles. The number of carbonyl (C=O) groups is 2. The molecule has 1 N–H and O–H groups in total. The molecule has 0 aliphatic heterocycles. The van der Waals surface area contributed by atoms with E-state index in [-0.39, 0.29) is 18.3 Å². The van der Waals surface area contributed by atoms with Crippen LogP contribution in [0.15, 0.2) is 48.7 Å². The van der Waals surface area contributed by atoms with Gasteiger partial charge in [0.15, 0.2) is 0 Å². The summed E-state index contributed by atoms with van der Waals surface area (Å²) in [6.45, 7) is 5.55. The zero-order chi connectivity index (χ0) is 21.7. The van der Waals surface area contributed by atoms with Crippen molar-refractivity contribution >= 4 is 34.2 Å². The average molecular weight is 408 g/mol. The predicted octanol–water partition coefficient (Wildman–Crippen LogP) is 4.73. The molecule has 0 spiro atoms. The Bertz CT molecular complexity index is 1060. The van der Waals surface area contributed by atoms with E-state index in [0.717, 1.165) is 5.69 Å². The molecule has 0 aliphatic carbocycles. The zero-order valence-electron chi connectivity index (χ0n) is 17.4. The van der Waals surface area contributed by atoms with Crippen LogP contribution in [0.4, 0.5) is 11.4 Å². The molecular weight excluding hydrogens is 384 g/mol. The highest BCUT2D eigenvalue weighted by Crippen LogP contribution is 2.31. The number of pyridine rings is 1. The van der Waals surface area contributed by atoms with Crippen LogP contribution in [0.25, 0.3) is 10.9 Å². The van der Waals surface area contributed by atoms with Crippen LogP contribution in [0.1, 0.15) is 41.5 Å². The number of hydrogen-bond acceptors (Lipinski definition) is 7. The SMILES string of the molecule is CCOC(=O)c1cnc2ccc(C(=O)OC(C)C)cc2c1Nc1ccc(OC)cc1. The number of hydrogen-bond donors (Lipinski definition) is 1. The lowest BCUT2D eigenvalue weighted by Gasteiger charge is -2.15. The Balaban J connectivity index is 2.12. The van der Waals surface area contributed by atoms with Gasteiger partial charge >= 0.3 is 11.9 Å². The standard InChI is InChI=1S/C23H24N2O5/c1-5-29-23(27)19-13-24-20-11-6-15(22(26)30-14(2)3)12-18(20)21(19)25-16-7-9-17(28-4)10-8-16/h6-14H,5H2,1-4H3,(H,24,25). The first-order valence-electron chi connectivity index (χ1n) is 9.64. The van der Waals surface area contributed by atoms with Crippen molar-refractivity contribution in [3.05, 3.63) is 59.8 Å². The van der Waals surface area contributed by atoms with E-state index in [0.29, 0.717) is 27.9 Å². The quantitative estimate of drug-likeness (QED) is 0.566. The summed E-state index contributed by atoms with van der Waals surface area (Å²) in [6, 6.07) is 12.3. The smallest absolute Gasteiger partial charge is 0.341 e. The number of anilines is 2. The second kappa shape index (κ2) is 9.26. The molecule has 0 unspecified atom stereocenters. The lowest BCUT2D eigenvalue weighted by atomic mass is 10.1. The van der Waals surface area contributed by atoms with Crippen LogP contribution >= 0.6 is 0 Å². The Labute approximate surface area is 175 Å². The molecular formula is C23H24N2O5. The maximum atomic E-state index is 12.6. The molecule has 0 fully saturated rings. The Hall–Kier alpha value is -3.61. The van der Waals surface area contributed by atoms with Crippen molar-refractivity contribution in [2.24, 2.45) is 0 Å². The summed E-state index contributed by atoms with van der Waals surface area (Å²) in [4.78, 5) is 29.3. The number of nitrogens with zero attached hydrogens (tertiary/aromatic N) is 1. The van der Waals surface area contributed by atoms with Gasteiger partial charge in [-0.3, -0.25) is 4.98 Å². The Kier molecular flexibility index (Phi) is 6.51. The third-order valence-electron chi connectivity index (χ3n) is 4.30. The topological polar surface area (TPSA) is 86.8 Å². The van der Waals surface area contributed by atoms with E-state index in [4.69, 9.17) is 14.2 Å². The van der Waals surface area contributed by atoms with Crippen molar-refractivity contribution < 1.29 is 23.8 Å². The lowest BCUT2D eigenvalue weighted by Crippen LogP contribution is -2.12. The highest BCUT2D eigenvalue weighted by Gasteiger charge is 2.19. The van der Waals surface area contributed by atoms with E-state index in [1.54, 1.807) is 58.2 Å². The first kappa shape index (κ1) is 21.1. The molecule has 0 saturated carbocycles. The normalized spacial score (nSPS) is 10.7. The summed E-state index contributed by atoms with van der Waals surface area (Å²) in [5, 5.41) is 3.87. The number of benzene rings is 2. The summed E-state index contributed by atoms with van der Waals surface area (Å²) in [5.41, 5.74) is 2.51. The molecule has 7 heteroatoms. The number of carbonyl (C=O) groups excluding carboxylic acids is 2. The number of aromatic nitrogens is 1. The van der Waals surface area contributed by atoms with Crippen LogP contribution in [0.5, 0.6) is 5.75 Å². The Morgan fingerprint density at radius 1 is 1.07 bits per heavy atom. The van der Waals surface area contributed by atoms with Gasteiger partial charge < -0.3 is 19.5 Å². The first-order chi connectivity index (χ1) is 14.4. The average Bonchev–Trinajstić information content (AvgIpc) is 2.73. The number of methoxy groups -OCH3 is 1. The monoisotopic (exact) mass is 408 g/mol. The van der Waals surface area contributed by atoms with Crippen molar-refractivity contribution in [1.29, 1.82) is 0 Å². The molecule has 3 rings (SSSR count). The molecule has 7 nitrogen and oxygen atoms in total. The minimum Gasteiger partial charge on any atom is -0.497 e.